The molecule has 5 nitrogen and oxygen atoms in total. The average molecular weight is 474 g/mol. The van der Waals surface area contributed by atoms with Gasteiger partial charge in [-0.3, -0.25) is 10.1 Å². The third-order valence-corrected chi connectivity index (χ3v) is 5.76. The smallest absolute Gasteiger partial charge is 0.416 e. The predicted molar refractivity (Wildman–Crippen MR) is 127 cm³/mol. The zero-order valence-electron chi connectivity index (χ0n) is 17.8. The summed E-state index contributed by atoms with van der Waals surface area (Å²) in [6.07, 6.45) is -2.57. The predicted octanol–water partition coefficient (Wildman–Crippen LogP) is 5.59. The van der Waals surface area contributed by atoms with E-state index < -0.39 is 17.6 Å². The number of methoxy groups -OCH3 is 1. The second-order valence-corrected chi connectivity index (χ2v) is 8.14. The summed E-state index contributed by atoms with van der Waals surface area (Å²) in [4.78, 5) is 14.9. The van der Waals surface area contributed by atoms with Crippen LogP contribution in [0.5, 0.6) is 5.75 Å². The van der Waals surface area contributed by atoms with Crippen LogP contribution in [0.2, 0.25) is 0 Å². The molecule has 3 aromatic carbocycles. The number of hydrogen-bond acceptors (Lipinski definition) is 4. The number of thiocarbonyl (C=S) groups is 1. The lowest BCUT2D eigenvalue weighted by Crippen LogP contribution is -2.35. The van der Waals surface area contributed by atoms with Crippen molar-refractivity contribution in [2.24, 2.45) is 0 Å². The molecular weight excluding hydrogens is 451 g/mol. The molecule has 1 heterocycles. The lowest BCUT2D eigenvalue weighted by Gasteiger charge is -2.23. The van der Waals surface area contributed by atoms with Gasteiger partial charge in [-0.25, -0.2) is 0 Å². The summed E-state index contributed by atoms with van der Waals surface area (Å²) in [5, 5.41) is 7.00. The number of carbonyl (C=O) groups excluding carboxylic acids is 1. The summed E-state index contributed by atoms with van der Waals surface area (Å²) in [6, 6.07) is 14.5. The highest BCUT2D eigenvalue weighted by molar-refractivity contribution is 7.80. The maximum absolute atomic E-state index is 13.3. The zero-order valence-corrected chi connectivity index (χ0v) is 18.6. The van der Waals surface area contributed by atoms with Gasteiger partial charge in [0, 0.05) is 13.1 Å². The Kier molecular flexibility index (Phi) is 6.42. The second-order valence-electron chi connectivity index (χ2n) is 7.73. The molecule has 172 valence electrons. The average Bonchev–Trinajstić information content (AvgIpc) is 3.32. The number of benzene rings is 3. The van der Waals surface area contributed by atoms with Crippen molar-refractivity contribution < 1.29 is 22.7 Å². The molecule has 4 rings (SSSR count). The van der Waals surface area contributed by atoms with Crippen molar-refractivity contribution in [1.82, 2.24) is 5.32 Å². The fourth-order valence-electron chi connectivity index (χ4n) is 3.94. The van der Waals surface area contributed by atoms with Crippen molar-refractivity contribution >= 4 is 45.4 Å². The van der Waals surface area contributed by atoms with E-state index in [1.807, 2.05) is 29.2 Å². The topological polar surface area (TPSA) is 53.6 Å². The van der Waals surface area contributed by atoms with Crippen LogP contribution in [0.1, 0.15) is 28.8 Å². The molecular formula is C24H22F3N3O2S. The number of alkyl halides is 3. The Labute approximate surface area is 194 Å². The molecule has 0 aromatic heterocycles. The summed E-state index contributed by atoms with van der Waals surface area (Å²) in [5.41, 5.74) is 0.283. The third-order valence-electron chi connectivity index (χ3n) is 5.56. The quantitative estimate of drug-likeness (QED) is 0.484. The van der Waals surface area contributed by atoms with Crippen LogP contribution in [0.15, 0.2) is 54.6 Å². The van der Waals surface area contributed by atoms with Gasteiger partial charge in [0.2, 0.25) is 0 Å². The van der Waals surface area contributed by atoms with Crippen LogP contribution in [-0.2, 0) is 6.18 Å². The number of fused-ring (bicyclic) bond motifs is 1. The second kappa shape index (κ2) is 9.27. The Morgan fingerprint density at radius 2 is 1.70 bits per heavy atom. The lowest BCUT2D eigenvalue weighted by molar-refractivity contribution is -0.137. The molecule has 1 aliphatic heterocycles. The first-order chi connectivity index (χ1) is 15.8. The van der Waals surface area contributed by atoms with Gasteiger partial charge in [-0.05, 0) is 66.2 Å². The molecule has 0 spiro atoms. The molecule has 1 amide bonds. The van der Waals surface area contributed by atoms with Crippen LogP contribution in [0.3, 0.4) is 0 Å². The van der Waals surface area contributed by atoms with Crippen molar-refractivity contribution in [2.45, 2.75) is 19.0 Å². The van der Waals surface area contributed by atoms with E-state index in [-0.39, 0.29) is 16.4 Å². The molecule has 1 saturated heterocycles. The number of halogens is 3. The number of anilines is 2. The molecule has 33 heavy (non-hydrogen) atoms. The summed E-state index contributed by atoms with van der Waals surface area (Å²) < 4.78 is 45.3. The fraction of sp³-hybridized carbons (Fsp3) is 0.250. The number of ether oxygens (including phenoxy) is 1. The van der Waals surface area contributed by atoms with Crippen molar-refractivity contribution in [3.63, 3.8) is 0 Å². The van der Waals surface area contributed by atoms with Crippen molar-refractivity contribution in [3.05, 3.63) is 65.7 Å². The number of amides is 1. The highest BCUT2D eigenvalue weighted by Gasteiger charge is 2.32. The van der Waals surface area contributed by atoms with Crippen LogP contribution in [0, 0.1) is 0 Å². The van der Waals surface area contributed by atoms with E-state index in [1.165, 1.54) is 13.2 Å². The van der Waals surface area contributed by atoms with Gasteiger partial charge in [0.1, 0.15) is 5.75 Å². The Hall–Kier alpha value is -3.33. The first kappa shape index (κ1) is 22.8. The molecule has 9 heteroatoms. The molecule has 0 aliphatic carbocycles. The molecule has 0 atom stereocenters. The van der Waals surface area contributed by atoms with Gasteiger partial charge in [-0.1, -0.05) is 24.3 Å². The van der Waals surface area contributed by atoms with Gasteiger partial charge in [0.15, 0.2) is 5.11 Å². The Bertz CT molecular complexity index is 1210. The zero-order chi connectivity index (χ0) is 23.6. The van der Waals surface area contributed by atoms with Crippen LogP contribution in [0.25, 0.3) is 10.8 Å². The van der Waals surface area contributed by atoms with E-state index in [4.69, 9.17) is 17.0 Å². The minimum Gasteiger partial charge on any atom is -0.496 e. The van der Waals surface area contributed by atoms with Crippen molar-refractivity contribution in [2.75, 3.05) is 30.4 Å². The molecule has 0 radical (unpaired) electrons. The number of nitrogens with zero attached hydrogens (tertiary/aromatic N) is 1. The highest BCUT2D eigenvalue weighted by atomic mass is 32.1. The van der Waals surface area contributed by atoms with E-state index in [0.717, 1.165) is 48.8 Å². The van der Waals surface area contributed by atoms with Crippen LogP contribution in [-0.4, -0.2) is 31.2 Å². The molecule has 0 bridgehead atoms. The maximum atomic E-state index is 13.3. The Morgan fingerprint density at radius 3 is 2.33 bits per heavy atom. The van der Waals surface area contributed by atoms with E-state index in [2.05, 4.69) is 10.6 Å². The monoisotopic (exact) mass is 473 g/mol. The van der Waals surface area contributed by atoms with Crippen molar-refractivity contribution in [1.29, 1.82) is 0 Å². The lowest BCUT2D eigenvalue weighted by atomic mass is 10.1. The van der Waals surface area contributed by atoms with Gasteiger partial charge in [0.25, 0.3) is 5.91 Å². The van der Waals surface area contributed by atoms with E-state index in [9.17, 15) is 18.0 Å². The molecule has 3 aromatic rings. The summed E-state index contributed by atoms with van der Waals surface area (Å²) in [6.45, 7) is 1.49. The molecule has 1 aliphatic rings. The van der Waals surface area contributed by atoms with Gasteiger partial charge < -0.3 is 15.0 Å². The van der Waals surface area contributed by atoms with Crippen LogP contribution >= 0.6 is 12.2 Å². The first-order valence-electron chi connectivity index (χ1n) is 10.4. The summed E-state index contributed by atoms with van der Waals surface area (Å²) in [5.74, 6) is -0.157. The van der Waals surface area contributed by atoms with Gasteiger partial charge in [-0.15, -0.1) is 0 Å². The van der Waals surface area contributed by atoms with Gasteiger partial charge in [-0.2, -0.15) is 13.2 Å². The third kappa shape index (κ3) is 5.03. The summed E-state index contributed by atoms with van der Waals surface area (Å²) >= 11 is 5.27. The summed E-state index contributed by atoms with van der Waals surface area (Å²) in [7, 11) is 1.46. The number of carbonyl (C=O) groups is 1. The SMILES string of the molecule is COc1cc2ccccc2cc1C(=O)NC(=S)Nc1cc(C(F)(F)F)ccc1N1CCCC1. The number of hydrogen-bond donors (Lipinski definition) is 2. The minimum absolute atomic E-state index is 0.102. The van der Waals surface area contributed by atoms with Gasteiger partial charge >= 0.3 is 6.18 Å². The molecule has 2 N–H and O–H groups in total. The Morgan fingerprint density at radius 1 is 1.03 bits per heavy atom. The van der Waals surface area contributed by atoms with E-state index >= 15 is 0 Å². The first-order valence-corrected chi connectivity index (χ1v) is 10.8. The van der Waals surface area contributed by atoms with E-state index in [1.54, 1.807) is 12.1 Å². The fourth-order valence-corrected chi connectivity index (χ4v) is 4.14. The van der Waals surface area contributed by atoms with Crippen molar-refractivity contribution in [3.8, 4) is 5.75 Å². The van der Waals surface area contributed by atoms with E-state index in [0.29, 0.717) is 11.4 Å². The van der Waals surface area contributed by atoms with Crippen LogP contribution < -0.4 is 20.3 Å². The molecule has 0 unspecified atom stereocenters. The normalized spacial score (nSPS) is 13.8. The minimum atomic E-state index is -4.50. The Balaban J connectivity index is 1.58. The highest BCUT2D eigenvalue weighted by Crippen LogP contribution is 2.36. The standard InChI is InChI=1S/C24H22F3N3O2S/c1-32-21-13-16-7-3-2-6-15(16)12-18(21)22(31)29-23(33)28-19-14-17(24(25,26)27)8-9-20(19)30-10-4-5-11-30/h2-3,6-9,12-14H,4-5,10-11H2,1H3,(H2,28,29,31,33). The van der Waals surface area contributed by atoms with Crippen LogP contribution in [0.4, 0.5) is 24.5 Å². The maximum Gasteiger partial charge on any atom is 0.416 e. The number of nitrogens with one attached hydrogen (secondary N) is 2. The molecule has 0 saturated carbocycles. The number of rotatable bonds is 4. The molecule has 1 fully saturated rings. The van der Waals surface area contributed by atoms with Gasteiger partial charge in [0.05, 0.1) is 29.6 Å². The largest absolute Gasteiger partial charge is 0.496 e.